The molecule has 2 atom stereocenters. The topological polar surface area (TPSA) is 57.6 Å². The number of amides is 1. The van der Waals surface area contributed by atoms with E-state index < -0.39 is 17.9 Å². The molecule has 4 nitrogen and oxygen atoms in total. The molecule has 1 aliphatic heterocycles. The molecule has 1 amide bonds. The monoisotopic (exact) mass is 493 g/mol. The third kappa shape index (κ3) is 4.13. The Kier molecular flexibility index (Phi) is 6.18. The second kappa shape index (κ2) is 8.71. The molecule has 0 spiro atoms. The van der Waals surface area contributed by atoms with Crippen molar-refractivity contribution >= 4 is 58.3 Å². The van der Waals surface area contributed by atoms with Gasteiger partial charge in [0.1, 0.15) is 5.92 Å². The predicted molar refractivity (Wildman–Crippen MR) is 122 cm³/mol. The molecule has 0 radical (unpaired) electrons. The summed E-state index contributed by atoms with van der Waals surface area (Å²) < 4.78 is 0. The van der Waals surface area contributed by atoms with Crippen LogP contribution in [0.15, 0.2) is 60.7 Å². The molecule has 0 bridgehead atoms. The summed E-state index contributed by atoms with van der Waals surface area (Å²) in [5.41, 5.74) is 1.90. The Bertz CT molecular complexity index is 1200. The molecular formula is C23H15Cl4NO3. The lowest BCUT2D eigenvalue weighted by atomic mass is 9.79. The SMILES string of the molecule is O=C(O)C1c2ccccc2C(=O)N(Cc2ccc(Cl)cc2Cl)C1c1ccc(Cl)cc1Cl. The fraction of sp³-hybridized carbons (Fsp3) is 0.130. The van der Waals surface area contributed by atoms with E-state index in [0.717, 1.165) is 0 Å². The third-order valence-electron chi connectivity index (χ3n) is 5.34. The number of benzene rings is 3. The van der Waals surface area contributed by atoms with Crippen molar-refractivity contribution in [3.8, 4) is 0 Å². The Hall–Kier alpha value is -2.24. The largest absolute Gasteiger partial charge is 0.481 e. The molecule has 4 rings (SSSR count). The lowest BCUT2D eigenvalue weighted by Gasteiger charge is -2.41. The van der Waals surface area contributed by atoms with Crippen molar-refractivity contribution in [1.29, 1.82) is 0 Å². The molecule has 1 heterocycles. The summed E-state index contributed by atoms with van der Waals surface area (Å²) in [6, 6.07) is 15.6. The normalized spacial score (nSPS) is 18.1. The minimum atomic E-state index is -1.07. The van der Waals surface area contributed by atoms with Gasteiger partial charge in [-0.1, -0.05) is 76.7 Å². The molecule has 2 unspecified atom stereocenters. The van der Waals surface area contributed by atoms with Crippen LogP contribution in [0.4, 0.5) is 0 Å². The summed E-state index contributed by atoms with van der Waals surface area (Å²) in [5.74, 6) is -2.41. The molecule has 3 aromatic carbocycles. The van der Waals surface area contributed by atoms with Crippen LogP contribution in [0.2, 0.25) is 20.1 Å². The van der Waals surface area contributed by atoms with Crippen molar-refractivity contribution in [2.24, 2.45) is 0 Å². The zero-order valence-electron chi connectivity index (χ0n) is 15.9. The molecule has 0 aromatic heterocycles. The van der Waals surface area contributed by atoms with E-state index in [1.165, 1.54) is 11.0 Å². The van der Waals surface area contributed by atoms with Gasteiger partial charge in [0, 0.05) is 32.2 Å². The molecule has 31 heavy (non-hydrogen) atoms. The highest BCUT2D eigenvalue weighted by Crippen LogP contribution is 2.46. The van der Waals surface area contributed by atoms with E-state index in [-0.39, 0.29) is 17.5 Å². The van der Waals surface area contributed by atoms with Crippen LogP contribution in [-0.4, -0.2) is 21.9 Å². The van der Waals surface area contributed by atoms with E-state index >= 15 is 0 Å². The highest BCUT2D eigenvalue weighted by Gasteiger charge is 2.45. The van der Waals surface area contributed by atoms with Gasteiger partial charge in [0.05, 0.1) is 6.04 Å². The summed E-state index contributed by atoms with van der Waals surface area (Å²) in [6.07, 6.45) is 0. The van der Waals surface area contributed by atoms with Gasteiger partial charge in [-0.2, -0.15) is 0 Å². The molecule has 8 heteroatoms. The summed E-state index contributed by atoms with van der Waals surface area (Å²) >= 11 is 24.9. The first-order chi connectivity index (χ1) is 14.8. The average molecular weight is 495 g/mol. The number of rotatable bonds is 4. The van der Waals surface area contributed by atoms with E-state index in [1.807, 2.05) is 0 Å². The van der Waals surface area contributed by atoms with Gasteiger partial charge in [-0.3, -0.25) is 9.59 Å². The van der Waals surface area contributed by atoms with Crippen LogP contribution in [0, 0.1) is 0 Å². The quantitative estimate of drug-likeness (QED) is 0.430. The lowest BCUT2D eigenvalue weighted by molar-refractivity contribution is -0.140. The minimum absolute atomic E-state index is 0.0799. The highest BCUT2D eigenvalue weighted by molar-refractivity contribution is 6.35. The number of carboxylic acids is 1. The fourth-order valence-electron chi connectivity index (χ4n) is 3.95. The Morgan fingerprint density at radius 2 is 1.52 bits per heavy atom. The number of halogens is 4. The number of hydrogen-bond donors (Lipinski definition) is 1. The van der Waals surface area contributed by atoms with Crippen LogP contribution < -0.4 is 0 Å². The number of nitrogens with zero attached hydrogens (tertiary/aromatic N) is 1. The lowest BCUT2D eigenvalue weighted by Crippen LogP contribution is -2.44. The summed E-state index contributed by atoms with van der Waals surface area (Å²) in [6.45, 7) is 0.0799. The van der Waals surface area contributed by atoms with Gasteiger partial charge in [0.15, 0.2) is 0 Å². The van der Waals surface area contributed by atoms with E-state index in [0.29, 0.717) is 37.3 Å². The van der Waals surface area contributed by atoms with Crippen molar-refractivity contribution in [1.82, 2.24) is 4.90 Å². The van der Waals surface area contributed by atoms with Gasteiger partial charge in [0.25, 0.3) is 5.91 Å². The maximum atomic E-state index is 13.5. The van der Waals surface area contributed by atoms with Crippen molar-refractivity contribution in [3.63, 3.8) is 0 Å². The van der Waals surface area contributed by atoms with Gasteiger partial charge in [-0.15, -0.1) is 0 Å². The van der Waals surface area contributed by atoms with Gasteiger partial charge in [-0.05, 0) is 47.0 Å². The fourth-order valence-corrected chi connectivity index (χ4v) is 4.94. The Morgan fingerprint density at radius 1 is 0.871 bits per heavy atom. The predicted octanol–water partition coefficient (Wildman–Crippen LogP) is 6.87. The van der Waals surface area contributed by atoms with Gasteiger partial charge >= 0.3 is 5.97 Å². The van der Waals surface area contributed by atoms with Gasteiger partial charge < -0.3 is 10.0 Å². The average Bonchev–Trinajstić information content (AvgIpc) is 2.71. The van der Waals surface area contributed by atoms with Crippen LogP contribution in [0.3, 0.4) is 0 Å². The summed E-state index contributed by atoms with van der Waals surface area (Å²) in [5, 5.41) is 11.7. The first kappa shape index (κ1) is 22.0. The zero-order valence-corrected chi connectivity index (χ0v) is 18.9. The van der Waals surface area contributed by atoms with Crippen molar-refractivity contribution in [3.05, 3.63) is 103 Å². The molecule has 158 valence electrons. The Balaban J connectivity index is 1.92. The van der Waals surface area contributed by atoms with E-state index in [4.69, 9.17) is 46.4 Å². The molecule has 3 aromatic rings. The number of carboxylic acid groups (broad SMARTS) is 1. The second-order valence-electron chi connectivity index (χ2n) is 7.18. The van der Waals surface area contributed by atoms with Crippen LogP contribution >= 0.6 is 46.4 Å². The molecule has 0 fully saturated rings. The second-order valence-corrected chi connectivity index (χ2v) is 8.87. The van der Waals surface area contributed by atoms with Crippen LogP contribution in [0.5, 0.6) is 0 Å². The van der Waals surface area contributed by atoms with Crippen molar-refractivity contribution < 1.29 is 14.7 Å². The summed E-state index contributed by atoms with van der Waals surface area (Å²) in [4.78, 5) is 27.5. The van der Waals surface area contributed by atoms with Crippen molar-refractivity contribution in [2.45, 2.75) is 18.5 Å². The van der Waals surface area contributed by atoms with Crippen LogP contribution in [-0.2, 0) is 11.3 Å². The number of carbonyl (C=O) groups is 2. The van der Waals surface area contributed by atoms with Crippen LogP contribution in [0.1, 0.15) is 39.0 Å². The van der Waals surface area contributed by atoms with E-state index in [1.54, 1.807) is 54.6 Å². The number of fused-ring (bicyclic) bond motifs is 1. The van der Waals surface area contributed by atoms with E-state index in [9.17, 15) is 14.7 Å². The number of aliphatic carboxylic acids is 1. The first-order valence-corrected chi connectivity index (χ1v) is 10.8. The molecule has 1 N–H and O–H groups in total. The third-order valence-corrected chi connectivity index (χ3v) is 6.49. The Morgan fingerprint density at radius 3 is 2.16 bits per heavy atom. The maximum absolute atomic E-state index is 13.5. The Labute approximate surface area is 198 Å². The zero-order chi connectivity index (χ0) is 22.3. The van der Waals surface area contributed by atoms with E-state index in [2.05, 4.69) is 0 Å². The number of carbonyl (C=O) groups excluding carboxylic acids is 1. The first-order valence-electron chi connectivity index (χ1n) is 9.29. The smallest absolute Gasteiger partial charge is 0.313 e. The molecule has 0 saturated heterocycles. The minimum Gasteiger partial charge on any atom is -0.481 e. The summed E-state index contributed by atoms with van der Waals surface area (Å²) in [7, 11) is 0. The molecular weight excluding hydrogens is 480 g/mol. The standard InChI is InChI=1S/C23H15Cl4NO3/c24-13-6-5-12(18(26)9-13)11-28-21(17-8-7-14(25)10-19(17)27)20(23(30)31)15-3-1-2-4-16(15)22(28)29/h1-10,20-21H,11H2,(H,30,31). The molecule has 0 aliphatic carbocycles. The number of hydrogen-bond acceptors (Lipinski definition) is 2. The van der Waals surface area contributed by atoms with Crippen molar-refractivity contribution in [2.75, 3.05) is 0 Å². The maximum Gasteiger partial charge on any atom is 0.313 e. The van der Waals surface area contributed by atoms with Gasteiger partial charge in [0.2, 0.25) is 0 Å². The molecule has 1 aliphatic rings. The highest BCUT2D eigenvalue weighted by atomic mass is 35.5. The van der Waals surface area contributed by atoms with Crippen LogP contribution in [0.25, 0.3) is 0 Å². The van der Waals surface area contributed by atoms with Gasteiger partial charge in [-0.25, -0.2) is 0 Å². The molecule has 0 saturated carbocycles.